The van der Waals surface area contributed by atoms with Gasteiger partial charge in [-0.3, -0.25) is 9.69 Å². The SMILES string of the molecule is CC(C)OCC(O)CN1CCCN(c2ccc(NC(=O)c3ccccc3C(F)(F)F)cn2)CC1. The minimum Gasteiger partial charge on any atom is -0.389 e. The van der Waals surface area contributed by atoms with Gasteiger partial charge in [0, 0.05) is 26.2 Å². The fraction of sp³-hybridized carbons (Fsp3) is 0.500. The third-order valence-electron chi connectivity index (χ3n) is 5.49. The number of anilines is 2. The maximum absolute atomic E-state index is 13.2. The van der Waals surface area contributed by atoms with Crippen LogP contribution < -0.4 is 10.2 Å². The number of ether oxygens (including phenoxy) is 1. The summed E-state index contributed by atoms with van der Waals surface area (Å²) in [7, 11) is 0. The third kappa shape index (κ3) is 7.41. The molecule has 0 aliphatic carbocycles. The van der Waals surface area contributed by atoms with Crippen LogP contribution >= 0.6 is 0 Å². The van der Waals surface area contributed by atoms with E-state index in [4.69, 9.17) is 4.74 Å². The highest BCUT2D eigenvalue weighted by atomic mass is 19.4. The van der Waals surface area contributed by atoms with Crippen molar-refractivity contribution in [3.05, 3.63) is 53.7 Å². The summed E-state index contributed by atoms with van der Waals surface area (Å²) >= 11 is 0. The number of nitrogens with zero attached hydrogens (tertiary/aromatic N) is 3. The monoisotopic (exact) mass is 480 g/mol. The second kappa shape index (κ2) is 11.6. The van der Waals surface area contributed by atoms with Gasteiger partial charge in [0.05, 0.1) is 41.8 Å². The second-order valence-electron chi connectivity index (χ2n) is 8.58. The van der Waals surface area contributed by atoms with E-state index < -0.39 is 29.3 Å². The van der Waals surface area contributed by atoms with Crippen molar-refractivity contribution in [3.63, 3.8) is 0 Å². The molecule has 1 unspecified atom stereocenters. The molecule has 1 aromatic carbocycles. The van der Waals surface area contributed by atoms with Gasteiger partial charge >= 0.3 is 6.18 Å². The van der Waals surface area contributed by atoms with Crippen molar-refractivity contribution in [1.29, 1.82) is 0 Å². The van der Waals surface area contributed by atoms with Gasteiger partial charge in [-0.2, -0.15) is 13.2 Å². The van der Waals surface area contributed by atoms with Crippen LogP contribution in [-0.4, -0.2) is 72.4 Å². The molecular formula is C24H31F3N4O3. The zero-order valence-corrected chi connectivity index (χ0v) is 19.4. The molecule has 1 aromatic heterocycles. The number of hydrogen-bond acceptors (Lipinski definition) is 6. The van der Waals surface area contributed by atoms with Crippen molar-refractivity contribution < 1.29 is 27.8 Å². The summed E-state index contributed by atoms with van der Waals surface area (Å²) < 4.78 is 45.0. The number of halogens is 3. The van der Waals surface area contributed by atoms with E-state index in [1.807, 2.05) is 13.8 Å². The van der Waals surface area contributed by atoms with E-state index in [9.17, 15) is 23.1 Å². The molecule has 0 bridgehead atoms. The summed E-state index contributed by atoms with van der Waals surface area (Å²) in [5.41, 5.74) is -1.10. The van der Waals surface area contributed by atoms with Crippen LogP contribution in [0.4, 0.5) is 24.7 Å². The van der Waals surface area contributed by atoms with E-state index in [-0.39, 0.29) is 6.10 Å². The molecule has 2 heterocycles. The quantitative estimate of drug-likeness (QED) is 0.601. The summed E-state index contributed by atoms with van der Waals surface area (Å²) in [5, 5.41) is 12.7. The van der Waals surface area contributed by atoms with Crippen molar-refractivity contribution in [2.45, 2.75) is 38.7 Å². The molecule has 1 aliphatic heterocycles. The lowest BCUT2D eigenvalue weighted by molar-refractivity contribution is -0.137. The number of carbonyl (C=O) groups excluding carboxylic acids is 1. The zero-order valence-electron chi connectivity index (χ0n) is 19.4. The van der Waals surface area contributed by atoms with Crippen LogP contribution in [0.5, 0.6) is 0 Å². The Balaban J connectivity index is 1.56. The van der Waals surface area contributed by atoms with Gasteiger partial charge in [-0.1, -0.05) is 12.1 Å². The van der Waals surface area contributed by atoms with Gasteiger partial charge in [0.25, 0.3) is 5.91 Å². The van der Waals surface area contributed by atoms with Crippen LogP contribution in [0.15, 0.2) is 42.6 Å². The largest absolute Gasteiger partial charge is 0.417 e. The number of rotatable bonds is 8. The molecule has 186 valence electrons. The van der Waals surface area contributed by atoms with Crippen LogP contribution in [0, 0.1) is 0 Å². The molecular weight excluding hydrogens is 449 g/mol. The molecule has 0 saturated carbocycles. The Morgan fingerprint density at radius 2 is 1.91 bits per heavy atom. The van der Waals surface area contributed by atoms with E-state index in [0.29, 0.717) is 18.8 Å². The smallest absolute Gasteiger partial charge is 0.389 e. The molecule has 10 heteroatoms. The van der Waals surface area contributed by atoms with Crippen molar-refractivity contribution in [2.75, 3.05) is 49.5 Å². The first kappa shape index (κ1) is 25.9. The Morgan fingerprint density at radius 3 is 2.59 bits per heavy atom. The number of nitrogens with one attached hydrogen (secondary N) is 1. The molecule has 1 aliphatic rings. The van der Waals surface area contributed by atoms with E-state index in [2.05, 4.69) is 20.1 Å². The molecule has 34 heavy (non-hydrogen) atoms. The highest BCUT2D eigenvalue weighted by Gasteiger charge is 2.34. The normalized spacial score (nSPS) is 16.4. The van der Waals surface area contributed by atoms with Gasteiger partial charge in [-0.15, -0.1) is 0 Å². The standard InChI is InChI=1S/C24H31F3N4O3/c1-17(2)34-16-19(32)15-30-10-5-11-31(13-12-30)22-9-8-18(14-28-22)29-23(33)20-6-3-4-7-21(20)24(25,26)27/h3-4,6-9,14,17,19,32H,5,10-13,15-16H2,1-2H3,(H,29,33). The number of hydrogen-bond donors (Lipinski definition) is 2. The molecule has 2 aromatic rings. The lowest BCUT2D eigenvalue weighted by atomic mass is 10.1. The predicted molar refractivity (Wildman–Crippen MR) is 124 cm³/mol. The molecule has 0 spiro atoms. The van der Waals surface area contributed by atoms with E-state index in [1.165, 1.54) is 18.3 Å². The Kier molecular flexibility index (Phi) is 8.87. The Morgan fingerprint density at radius 1 is 1.15 bits per heavy atom. The molecule has 0 radical (unpaired) electrons. The van der Waals surface area contributed by atoms with E-state index in [1.54, 1.807) is 12.1 Å². The summed E-state index contributed by atoms with van der Waals surface area (Å²) in [6.07, 6.45) is -2.75. The average molecular weight is 481 g/mol. The summed E-state index contributed by atoms with van der Waals surface area (Å²) in [5.74, 6) is -0.118. The van der Waals surface area contributed by atoms with Gasteiger partial charge in [0.1, 0.15) is 5.82 Å². The first-order valence-electron chi connectivity index (χ1n) is 11.3. The fourth-order valence-electron chi connectivity index (χ4n) is 3.81. The number of aromatic nitrogens is 1. The summed E-state index contributed by atoms with van der Waals surface area (Å²) in [6.45, 7) is 7.82. The Labute approximate surface area is 197 Å². The first-order chi connectivity index (χ1) is 16.1. The highest BCUT2D eigenvalue weighted by molar-refractivity contribution is 6.05. The molecule has 3 rings (SSSR count). The van der Waals surface area contributed by atoms with Gasteiger partial charge in [-0.25, -0.2) is 4.98 Å². The van der Waals surface area contributed by atoms with Crippen molar-refractivity contribution in [1.82, 2.24) is 9.88 Å². The van der Waals surface area contributed by atoms with E-state index in [0.717, 1.165) is 50.6 Å². The molecule has 1 fully saturated rings. The summed E-state index contributed by atoms with van der Waals surface area (Å²) in [4.78, 5) is 21.1. The van der Waals surface area contributed by atoms with Gasteiger partial charge in [0.2, 0.25) is 0 Å². The van der Waals surface area contributed by atoms with Crippen LogP contribution in [0.2, 0.25) is 0 Å². The number of amides is 1. The summed E-state index contributed by atoms with van der Waals surface area (Å²) in [6, 6.07) is 8.05. The van der Waals surface area contributed by atoms with Crippen LogP contribution in [0.1, 0.15) is 36.2 Å². The minimum absolute atomic E-state index is 0.0764. The predicted octanol–water partition coefficient (Wildman–Crippen LogP) is 3.65. The number of alkyl halides is 3. The van der Waals surface area contributed by atoms with Crippen LogP contribution in [0.25, 0.3) is 0 Å². The number of aliphatic hydroxyl groups excluding tert-OH is 1. The Hall–Kier alpha value is -2.69. The highest BCUT2D eigenvalue weighted by Crippen LogP contribution is 2.32. The van der Waals surface area contributed by atoms with Gasteiger partial charge < -0.3 is 20.1 Å². The lowest BCUT2D eigenvalue weighted by Crippen LogP contribution is -2.38. The van der Waals surface area contributed by atoms with Crippen LogP contribution in [-0.2, 0) is 10.9 Å². The fourth-order valence-corrected chi connectivity index (χ4v) is 3.81. The maximum Gasteiger partial charge on any atom is 0.417 e. The Bertz CT molecular complexity index is 938. The molecule has 1 saturated heterocycles. The van der Waals surface area contributed by atoms with Crippen molar-refractivity contribution in [3.8, 4) is 0 Å². The second-order valence-corrected chi connectivity index (χ2v) is 8.58. The first-order valence-corrected chi connectivity index (χ1v) is 11.3. The number of aliphatic hydroxyl groups is 1. The van der Waals surface area contributed by atoms with E-state index >= 15 is 0 Å². The maximum atomic E-state index is 13.2. The zero-order chi connectivity index (χ0) is 24.7. The molecule has 2 N–H and O–H groups in total. The number of pyridine rings is 1. The minimum atomic E-state index is -4.62. The van der Waals surface area contributed by atoms with Gasteiger partial charge in [0.15, 0.2) is 0 Å². The average Bonchev–Trinajstić information content (AvgIpc) is 3.03. The van der Waals surface area contributed by atoms with Crippen LogP contribution in [0.3, 0.4) is 0 Å². The lowest BCUT2D eigenvalue weighted by Gasteiger charge is -2.24. The third-order valence-corrected chi connectivity index (χ3v) is 5.49. The number of benzene rings is 1. The number of carbonyl (C=O) groups is 1. The molecule has 7 nitrogen and oxygen atoms in total. The van der Waals surface area contributed by atoms with Crippen molar-refractivity contribution in [2.24, 2.45) is 0 Å². The molecule has 1 amide bonds. The number of β-amino-alcohol motifs (C(OH)–C–C–N with tert-alkyl or cyclic N) is 1. The molecule has 1 atom stereocenters. The topological polar surface area (TPSA) is 77.9 Å². The van der Waals surface area contributed by atoms with Crippen molar-refractivity contribution >= 4 is 17.4 Å². The van der Waals surface area contributed by atoms with Gasteiger partial charge in [-0.05, 0) is 51.1 Å².